The van der Waals surface area contributed by atoms with Gasteiger partial charge in [-0.15, -0.1) is 0 Å². The maximum atomic E-state index is 11.9. The van der Waals surface area contributed by atoms with Crippen molar-refractivity contribution in [1.82, 2.24) is 15.3 Å². The molecule has 3 aromatic rings. The molecule has 0 aliphatic rings. The molecule has 0 saturated heterocycles. The zero-order chi connectivity index (χ0) is 19.9. The van der Waals surface area contributed by atoms with Gasteiger partial charge in [0.25, 0.3) is 5.91 Å². The van der Waals surface area contributed by atoms with Crippen molar-refractivity contribution in [3.8, 4) is 0 Å². The number of aromatic nitrogens is 1. The molecule has 28 heavy (non-hydrogen) atoms. The van der Waals surface area contributed by atoms with Crippen LogP contribution in [0.4, 0.5) is 4.79 Å². The molecule has 2 amide bonds. The van der Waals surface area contributed by atoms with E-state index in [4.69, 9.17) is 4.74 Å². The highest BCUT2D eigenvalue weighted by molar-refractivity contribution is 6.01. The van der Waals surface area contributed by atoms with E-state index in [0.717, 1.165) is 27.7 Å². The number of amides is 2. The van der Waals surface area contributed by atoms with Crippen molar-refractivity contribution >= 4 is 29.1 Å². The summed E-state index contributed by atoms with van der Waals surface area (Å²) in [7, 11) is 1.98. The summed E-state index contributed by atoms with van der Waals surface area (Å²) in [5, 5.41) is 7.46. The summed E-state index contributed by atoms with van der Waals surface area (Å²) in [5.41, 5.74) is 6.36. The second-order valence-corrected chi connectivity index (χ2v) is 6.28. The fourth-order valence-corrected chi connectivity index (χ4v) is 2.85. The summed E-state index contributed by atoms with van der Waals surface area (Å²) >= 11 is 0. The number of carbonyl (C=O) groups is 2. The quantitative estimate of drug-likeness (QED) is 0.511. The van der Waals surface area contributed by atoms with Crippen LogP contribution in [0.25, 0.3) is 10.9 Å². The third-order valence-corrected chi connectivity index (χ3v) is 4.44. The molecule has 7 heteroatoms. The molecule has 0 radical (unpaired) electrons. The maximum absolute atomic E-state index is 11.9. The van der Waals surface area contributed by atoms with Gasteiger partial charge in [-0.2, -0.15) is 5.10 Å². The Bertz CT molecular complexity index is 1010. The van der Waals surface area contributed by atoms with Crippen LogP contribution >= 0.6 is 0 Å². The van der Waals surface area contributed by atoms with Gasteiger partial charge < -0.3 is 14.6 Å². The first-order valence-electron chi connectivity index (χ1n) is 8.86. The van der Waals surface area contributed by atoms with Crippen LogP contribution in [0.15, 0.2) is 59.7 Å². The fourth-order valence-electron chi connectivity index (χ4n) is 2.85. The Labute approximate surface area is 163 Å². The van der Waals surface area contributed by atoms with Crippen LogP contribution in [0.5, 0.6) is 0 Å². The Balaban J connectivity index is 1.48. The molecule has 7 nitrogen and oxygen atoms in total. The first-order valence-corrected chi connectivity index (χ1v) is 8.86. The number of rotatable bonds is 6. The number of nitrogens with one attached hydrogen (secondary N) is 2. The third kappa shape index (κ3) is 4.56. The molecule has 0 atom stereocenters. The van der Waals surface area contributed by atoms with E-state index in [9.17, 15) is 9.59 Å². The average molecular weight is 378 g/mol. The number of aryl methyl sites for hydroxylation is 1. The van der Waals surface area contributed by atoms with Crippen LogP contribution in [0.1, 0.15) is 16.8 Å². The predicted molar refractivity (Wildman–Crippen MR) is 108 cm³/mol. The molecule has 0 unspecified atom stereocenters. The van der Waals surface area contributed by atoms with E-state index >= 15 is 0 Å². The minimum absolute atomic E-state index is 0.146. The molecule has 0 fully saturated rings. The van der Waals surface area contributed by atoms with Crippen molar-refractivity contribution in [2.75, 3.05) is 6.54 Å². The topological polar surface area (TPSA) is 84.7 Å². The number of para-hydroxylation sites is 1. The number of benzene rings is 2. The normalized spacial score (nSPS) is 10.9. The number of hydrazone groups is 1. The van der Waals surface area contributed by atoms with Crippen LogP contribution in [-0.2, 0) is 23.2 Å². The van der Waals surface area contributed by atoms with E-state index in [0.29, 0.717) is 0 Å². The number of carbonyl (C=O) groups excluding carboxylic acids is 2. The minimum atomic E-state index is -0.659. The van der Waals surface area contributed by atoms with Crippen molar-refractivity contribution in [3.63, 3.8) is 0 Å². The Morgan fingerprint density at radius 2 is 1.82 bits per heavy atom. The number of alkyl carbamates (subject to hydrolysis) is 1. The summed E-state index contributed by atoms with van der Waals surface area (Å²) < 4.78 is 7.12. The van der Waals surface area contributed by atoms with Crippen LogP contribution in [-0.4, -0.2) is 29.3 Å². The Morgan fingerprint density at radius 1 is 1.11 bits per heavy atom. The van der Waals surface area contributed by atoms with E-state index in [2.05, 4.69) is 20.4 Å². The molecule has 0 spiro atoms. The molecule has 3 rings (SSSR count). The average Bonchev–Trinajstić information content (AvgIpc) is 2.96. The molecule has 2 N–H and O–H groups in total. The first kappa shape index (κ1) is 19.2. The summed E-state index contributed by atoms with van der Waals surface area (Å²) in [5.74, 6) is -0.439. The summed E-state index contributed by atoms with van der Waals surface area (Å²) in [6.07, 6.45) is 0.955. The van der Waals surface area contributed by atoms with Gasteiger partial charge in [0, 0.05) is 29.2 Å². The van der Waals surface area contributed by atoms with E-state index < -0.39 is 12.0 Å². The lowest BCUT2D eigenvalue weighted by Crippen LogP contribution is -2.35. The zero-order valence-corrected chi connectivity index (χ0v) is 15.8. The van der Waals surface area contributed by atoms with Gasteiger partial charge in [0.15, 0.2) is 0 Å². The van der Waals surface area contributed by atoms with Crippen molar-refractivity contribution in [1.29, 1.82) is 0 Å². The van der Waals surface area contributed by atoms with E-state index in [1.54, 1.807) is 6.21 Å². The maximum Gasteiger partial charge on any atom is 0.407 e. The number of hydrogen-bond acceptors (Lipinski definition) is 4. The van der Waals surface area contributed by atoms with Crippen molar-refractivity contribution < 1.29 is 14.3 Å². The van der Waals surface area contributed by atoms with Gasteiger partial charge in [-0.1, -0.05) is 48.5 Å². The monoisotopic (exact) mass is 378 g/mol. The van der Waals surface area contributed by atoms with Gasteiger partial charge in [-0.05, 0) is 18.6 Å². The van der Waals surface area contributed by atoms with Gasteiger partial charge in [-0.3, -0.25) is 4.79 Å². The van der Waals surface area contributed by atoms with Crippen molar-refractivity contribution in [3.05, 3.63) is 71.4 Å². The Kier molecular flexibility index (Phi) is 6.06. The number of hydrogen-bond donors (Lipinski definition) is 2. The number of ether oxygens (including phenoxy) is 1. The van der Waals surface area contributed by atoms with Gasteiger partial charge in [0.1, 0.15) is 13.2 Å². The molecule has 2 aromatic carbocycles. The highest BCUT2D eigenvalue weighted by Crippen LogP contribution is 2.22. The van der Waals surface area contributed by atoms with Gasteiger partial charge in [-0.25, -0.2) is 10.2 Å². The minimum Gasteiger partial charge on any atom is -0.445 e. The molecule has 0 bridgehead atoms. The predicted octanol–water partition coefficient (Wildman–Crippen LogP) is 2.86. The summed E-state index contributed by atoms with van der Waals surface area (Å²) in [4.78, 5) is 23.5. The molecule has 1 heterocycles. The summed E-state index contributed by atoms with van der Waals surface area (Å²) in [6.45, 7) is 1.92. The SMILES string of the molecule is Cc1c(/C=N\NC(=O)CNC(=O)OCc2ccccc2)c2ccccc2n1C. The van der Waals surface area contributed by atoms with Crippen molar-refractivity contribution in [2.24, 2.45) is 12.1 Å². The molecular formula is C21H22N4O3. The fraction of sp³-hybridized carbons (Fsp3) is 0.190. The highest BCUT2D eigenvalue weighted by atomic mass is 16.5. The van der Waals surface area contributed by atoms with Gasteiger partial charge >= 0.3 is 6.09 Å². The first-order chi connectivity index (χ1) is 13.6. The van der Waals surface area contributed by atoms with Gasteiger partial charge in [0.05, 0.1) is 6.21 Å². The molecule has 0 aliphatic heterocycles. The lowest BCUT2D eigenvalue weighted by atomic mass is 10.1. The smallest absolute Gasteiger partial charge is 0.407 e. The molecular weight excluding hydrogens is 356 g/mol. The Morgan fingerprint density at radius 3 is 2.61 bits per heavy atom. The number of nitrogens with zero attached hydrogens (tertiary/aromatic N) is 2. The standard InChI is InChI=1S/C21H22N4O3/c1-15-18(17-10-6-7-11-19(17)25(15)2)12-23-24-20(26)13-22-21(27)28-14-16-8-4-3-5-9-16/h3-12H,13-14H2,1-2H3,(H,22,27)(H,24,26)/b23-12-. The number of fused-ring (bicyclic) bond motifs is 1. The lowest BCUT2D eigenvalue weighted by molar-refractivity contribution is -0.120. The van der Waals surface area contributed by atoms with Crippen LogP contribution in [0, 0.1) is 6.92 Å². The Hall–Kier alpha value is -3.61. The van der Waals surface area contributed by atoms with Crippen LogP contribution in [0.3, 0.4) is 0 Å². The molecule has 0 aliphatic carbocycles. The summed E-state index contributed by atoms with van der Waals surface area (Å²) in [6, 6.07) is 17.3. The van der Waals surface area contributed by atoms with Gasteiger partial charge in [0.2, 0.25) is 0 Å². The largest absolute Gasteiger partial charge is 0.445 e. The van der Waals surface area contributed by atoms with E-state index in [1.165, 1.54) is 0 Å². The lowest BCUT2D eigenvalue weighted by Gasteiger charge is -2.06. The molecule has 144 valence electrons. The van der Waals surface area contributed by atoms with E-state index in [-0.39, 0.29) is 13.2 Å². The highest BCUT2D eigenvalue weighted by Gasteiger charge is 2.10. The van der Waals surface area contributed by atoms with Crippen molar-refractivity contribution in [2.45, 2.75) is 13.5 Å². The molecule has 1 aromatic heterocycles. The van der Waals surface area contributed by atoms with Crippen LogP contribution in [0.2, 0.25) is 0 Å². The zero-order valence-electron chi connectivity index (χ0n) is 15.8. The second kappa shape index (κ2) is 8.85. The second-order valence-electron chi connectivity index (χ2n) is 6.28. The third-order valence-electron chi connectivity index (χ3n) is 4.44. The van der Waals surface area contributed by atoms with E-state index in [1.807, 2.05) is 68.6 Å². The van der Waals surface area contributed by atoms with Crippen LogP contribution < -0.4 is 10.7 Å². The molecule has 0 saturated carbocycles.